The minimum atomic E-state index is -0.494. The Kier molecular flexibility index (Phi) is 12.7. The Bertz CT molecular complexity index is 5260. The number of fused-ring (bicyclic) bond motifs is 11. The highest BCUT2D eigenvalue weighted by atomic mass is 16.5. The van der Waals surface area contributed by atoms with Crippen LogP contribution in [-0.2, 0) is 5.41 Å². The number of ether oxygens (including phenoxy) is 1. The molecule has 0 radical (unpaired) electrons. The van der Waals surface area contributed by atoms with Crippen LogP contribution in [0.1, 0.15) is 25.0 Å². The second-order valence-corrected chi connectivity index (χ2v) is 26.0. The van der Waals surface area contributed by atoms with Gasteiger partial charge in [0.15, 0.2) is 0 Å². The number of hydrogen-bond acceptors (Lipinski definition) is 7. The first-order valence-corrected chi connectivity index (χ1v) is 33.2. The lowest BCUT2D eigenvalue weighted by Gasteiger charge is -2.47. The van der Waals surface area contributed by atoms with Gasteiger partial charge in [0.2, 0.25) is 0 Å². The lowest BCUT2D eigenvalue weighted by atomic mass is 9.30. The average Bonchev–Trinajstić information content (AvgIpc) is 0.687. The highest BCUT2D eigenvalue weighted by Crippen LogP contribution is 2.57. The van der Waals surface area contributed by atoms with Crippen molar-refractivity contribution in [3.8, 4) is 11.5 Å². The smallest absolute Gasteiger partial charge is 0.256 e. The zero-order valence-electron chi connectivity index (χ0n) is 53.1. The highest BCUT2D eigenvalue weighted by Gasteiger charge is 2.51. The molecule has 0 saturated heterocycles. The van der Waals surface area contributed by atoms with Gasteiger partial charge in [-0.15, -0.1) is 0 Å². The third-order valence-corrected chi connectivity index (χ3v) is 20.3. The van der Waals surface area contributed by atoms with Gasteiger partial charge in [0.1, 0.15) is 11.5 Å². The van der Waals surface area contributed by atoms with Crippen molar-refractivity contribution < 1.29 is 4.74 Å². The van der Waals surface area contributed by atoms with Crippen molar-refractivity contribution in [3.05, 3.63) is 351 Å². The molecule has 14 aromatic rings. The van der Waals surface area contributed by atoms with Gasteiger partial charge in [-0.25, -0.2) is 0 Å². The van der Waals surface area contributed by atoms with Gasteiger partial charge in [0.25, 0.3) is 13.4 Å². The van der Waals surface area contributed by atoms with Crippen molar-refractivity contribution in [2.75, 3.05) is 29.4 Å². The molecule has 14 aromatic carbocycles. The first kappa shape index (κ1) is 55.4. The Labute approximate surface area is 561 Å². The molecule has 9 heteroatoms. The fraction of sp³-hybridized carbons (Fsp3) is 0.0345. The van der Waals surface area contributed by atoms with Gasteiger partial charge in [-0.05, 0) is 178 Å². The zero-order valence-corrected chi connectivity index (χ0v) is 53.1. The molecule has 5 aliphatic rings. The number of rotatable bonds is 10. The Balaban J connectivity index is 0.936. The molecule has 0 unspecified atom stereocenters. The van der Waals surface area contributed by atoms with Gasteiger partial charge < -0.3 is 34.1 Å². The predicted molar refractivity (Wildman–Crippen MR) is 402 cm³/mol. The summed E-state index contributed by atoms with van der Waals surface area (Å²) in [6.45, 7) is 4.30. The lowest BCUT2D eigenvalue weighted by Crippen LogP contribution is -2.64. The second-order valence-electron chi connectivity index (χ2n) is 26.0. The summed E-state index contributed by atoms with van der Waals surface area (Å²) in [6, 6.07) is 125. The number of hydrogen-bond donors (Lipinski definition) is 0. The Morgan fingerprint density at radius 2 is 0.635 bits per heavy atom. The van der Waals surface area contributed by atoms with Crippen LogP contribution in [0.4, 0.5) is 102 Å². The number of para-hydroxylation sites is 10. The first-order valence-electron chi connectivity index (χ1n) is 33.2. The topological polar surface area (TPSA) is 28.7 Å². The summed E-state index contributed by atoms with van der Waals surface area (Å²) in [5.41, 5.74) is 28.5. The minimum absolute atomic E-state index is 0.196. The third kappa shape index (κ3) is 8.49. The molecule has 19 rings (SSSR count). The van der Waals surface area contributed by atoms with E-state index in [-0.39, 0.29) is 13.4 Å². The van der Waals surface area contributed by atoms with Crippen LogP contribution in [0.15, 0.2) is 340 Å². The molecule has 5 aliphatic heterocycles. The fourth-order valence-electron chi connectivity index (χ4n) is 16.3. The molecule has 0 aliphatic carbocycles. The van der Waals surface area contributed by atoms with E-state index in [4.69, 9.17) is 4.74 Å². The number of anilines is 18. The molecule has 7 nitrogen and oxygen atoms in total. The predicted octanol–water partition coefficient (Wildman–Crippen LogP) is 19.2. The molecule has 0 amide bonds. The second kappa shape index (κ2) is 22.0. The van der Waals surface area contributed by atoms with Crippen LogP contribution in [-0.4, -0.2) is 13.4 Å². The van der Waals surface area contributed by atoms with Crippen molar-refractivity contribution in [2.45, 2.75) is 19.3 Å². The molecule has 0 bridgehead atoms. The van der Waals surface area contributed by atoms with Crippen molar-refractivity contribution in [3.63, 3.8) is 0 Å². The van der Waals surface area contributed by atoms with E-state index in [2.05, 4.69) is 383 Å². The van der Waals surface area contributed by atoms with E-state index in [0.29, 0.717) is 0 Å². The minimum Gasteiger partial charge on any atom is -0.458 e. The fourth-order valence-corrected chi connectivity index (χ4v) is 16.3. The van der Waals surface area contributed by atoms with Gasteiger partial charge in [0.05, 0.1) is 22.7 Å². The SMILES string of the molecule is CC1(C)c2ccccc2N(c2ccccc2)c2ccc3c(c21)Oc1cc(N(c2ccccc2)c2ccccc2)cc2c1B3c1cc3c(cc1N2c1ccccc1)N(c1ccccc1)c1cc(N(c2ccccc2)c2ccccc2)cc2c1B3c1ccccc1N2c1ccccc1. The van der Waals surface area contributed by atoms with Crippen LogP contribution in [0.5, 0.6) is 11.5 Å². The average molecular weight is 1230 g/mol. The standard InChI is InChI=1S/C87H62B2N6O/c1-87(2)69-47-27-29-49-74(69)92(63-39-19-7-20-40-63)76-52-51-71-86(83(76)87)96-82-56-68(91(61-35-15-5-16-36-61)62-37-17-6-18-38-62)55-81-85(82)89(71)73-57-72-77(58-78(73)95(81)66-45-25-10-26-46-66)94(65-43-23-9-24-44-65)80-54-67(90(59-31-11-3-12-32-59)60-33-13-4-14-34-60)53-79-84(80)88(72)70-48-28-30-50-75(70)93(79)64-41-21-8-22-42-64/h3-58H,1-2H3. The van der Waals surface area contributed by atoms with Crippen LogP contribution >= 0.6 is 0 Å². The van der Waals surface area contributed by atoms with Crippen LogP contribution in [0.2, 0.25) is 0 Å². The Morgan fingerprint density at radius 3 is 1.10 bits per heavy atom. The summed E-state index contributed by atoms with van der Waals surface area (Å²) < 4.78 is 8.02. The van der Waals surface area contributed by atoms with Gasteiger partial charge in [0, 0.05) is 96.7 Å². The highest BCUT2D eigenvalue weighted by molar-refractivity contribution is 7.02. The maximum atomic E-state index is 8.02. The van der Waals surface area contributed by atoms with E-state index in [1.807, 2.05) is 0 Å². The third-order valence-electron chi connectivity index (χ3n) is 20.3. The summed E-state index contributed by atoms with van der Waals surface area (Å²) in [5.74, 6) is 1.72. The Hall–Kier alpha value is -12.2. The van der Waals surface area contributed by atoms with E-state index in [1.165, 1.54) is 27.4 Å². The molecule has 0 aromatic heterocycles. The molecular formula is C87H62B2N6O. The maximum absolute atomic E-state index is 8.02. The molecule has 5 heterocycles. The zero-order chi connectivity index (χ0) is 63.6. The number of benzene rings is 14. The quantitative estimate of drug-likeness (QED) is 0.126. The molecule has 0 spiro atoms. The first-order chi connectivity index (χ1) is 47.4. The normalized spacial score (nSPS) is 13.8. The van der Waals surface area contributed by atoms with Gasteiger partial charge >= 0.3 is 0 Å². The Morgan fingerprint density at radius 1 is 0.271 bits per heavy atom. The van der Waals surface area contributed by atoms with Crippen molar-refractivity contribution >= 4 is 149 Å². The van der Waals surface area contributed by atoms with Crippen LogP contribution in [0, 0.1) is 0 Å². The van der Waals surface area contributed by atoms with E-state index in [1.54, 1.807) is 0 Å². The maximum Gasteiger partial charge on any atom is 0.256 e. The number of nitrogens with zero attached hydrogens (tertiary/aromatic N) is 6. The monoisotopic (exact) mass is 1230 g/mol. The summed E-state index contributed by atoms with van der Waals surface area (Å²) in [7, 11) is 0. The molecule has 452 valence electrons. The largest absolute Gasteiger partial charge is 0.458 e. The van der Waals surface area contributed by atoms with E-state index in [9.17, 15) is 0 Å². The molecule has 0 fully saturated rings. The lowest BCUT2D eigenvalue weighted by molar-refractivity contribution is 0.465. The van der Waals surface area contributed by atoms with E-state index < -0.39 is 5.41 Å². The van der Waals surface area contributed by atoms with E-state index >= 15 is 0 Å². The summed E-state index contributed by atoms with van der Waals surface area (Å²) >= 11 is 0. The molecule has 96 heavy (non-hydrogen) atoms. The molecular weight excluding hydrogens is 1170 g/mol. The molecule has 0 atom stereocenters. The van der Waals surface area contributed by atoms with Gasteiger partial charge in [-0.3, -0.25) is 0 Å². The van der Waals surface area contributed by atoms with Crippen LogP contribution in [0.25, 0.3) is 0 Å². The molecule has 0 N–H and O–H groups in total. The van der Waals surface area contributed by atoms with Crippen molar-refractivity contribution in [2.24, 2.45) is 0 Å². The van der Waals surface area contributed by atoms with E-state index in [0.717, 1.165) is 130 Å². The summed E-state index contributed by atoms with van der Waals surface area (Å²) in [6.07, 6.45) is 0. The van der Waals surface area contributed by atoms with Gasteiger partial charge in [-0.1, -0.05) is 208 Å². The van der Waals surface area contributed by atoms with Crippen LogP contribution < -0.4 is 66.9 Å². The van der Waals surface area contributed by atoms with Crippen molar-refractivity contribution in [1.82, 2.24) is 0 Å². The van der Waals surface area contributed by atoms with Crippen LogP contribution in [0.3, 0.4) is 0 Å². The summed E-state index contributed by atoms with van der Waals surface area (Å²) in [5, 5.41) is 0. The summed E-state index contributed by atoms with van der Waals surface area (Å²) in [4.78, 5) is 14.9. The molecule has 0 saturated carbocycles. The van der Waals surface area contributed by atoms with Crippen molar-refractivity contribution in [1.29, 1.82) is 0 Å². The van der Waals surface area contributed by atoms with Gasteiger partial charge in [-0.2, -0.15) is 0 Å².